The second-order valence-electron chi connectivity index (χ2n) is 2.96. The Morgan fingerprint density at radius 1 is 1.44 bits per heavy atom. The van der Waals surface area contributed by atoms with Crippen molar-refractivity contribution in [2.45, 2.75) is 19.1 Å². The molecule has 1 atom stereocenters. The van der Waals surface area contributed by atoms with Crippen LogP contribution in [0, 0.1) is 0 Å². The summed E-state index contributed by atoms with van der Waals surface area (Å²) in [6, 6.07) is -1.95. The van der Waals surface area contributed by atoms with E-state index in [-0.39, 0.29) is 10.8 Å². The zero-order chi connectivity index (χ0) is 12.3. The van der Waals surface area contributed by atoms with Gasteiger partial charge in [0.05, 0.1) is 12.4 Å². The van der Waals surface area contributed by atoms with Crippen LogP contribution in [0.3, 0.4) is 0 Å². The molecular formula is C8H7ClF3N3O. The average Bonchev–Trinajstić information content (AvgIpc) is 2.17. The number of halogens is 4. The number of nitrogens with zero attached hydrogens (tertiary/aromatic N) is 2. The first-order valence-electron chi connectivity index (χ1n) is 4.16. The maximum Gasteiger partial charge on any atom is 0.408 e. The quantitative estimate of drug-likeness (QED) is 0.875. The monoisotopic (exact) mass is 253 g/mol. The van der Waals surface area contributed by atoms with Gasteiger partial charge < -0.3 is 5.32 Å². The third-order valence-corrected chi connectivity index (χ3v) is 1.89. The number of hydrogen-bond acceptors (Lipinski definition) is 3. The van der Waals surface area contributed by atoms with Crippen molar-refractivity contribution in [3.8, 4) is 0 Å². The number of carbonyl (C=O) groups excluding carboxylic acids is 1. The van der Waals surface area contributed by atoms with E-state index in [4.69, 9.17) is 11.6 Å². The van der Waals surface area contributed by atoms with E-state index < -0.39 is 18.1 Å². The number of amides is 1. The van der Waals surface area contributed by atoms with Gasteiger partial charge in [0.2, 0.25) is 0 Å². The van der Waals surface area contributed by atoms with Crippen molar-refractivity contribution in [2.75, 3.05) is 0 Å². The summed E-state index contributed by atoms with van der Waals surface area (Å²) in [4.78, 5) is 18.3. The molecule has 0 radical (unpaired) electrons. The van der Waals surface area contributed by atoms with Crippen LogP contribution in [0.4, 0.5) is 13.2 Å². The van der Waals surface area contributed by atoms with Crippen molar-refractivity contribution in [2.24, 2.45) is 0 Å². The van der Waals surface area contributed by atoms with Gasteiger partial charge in [0.1, 0.15) is 16.9 Å². The molecule has 0 aliphatic rings. The van der Waals surface area contributed by atoms with Gasteiger partial charge in [-0.2, -0.15) is 13.2 Å². The molecule has 0 saturated carbocycles. The topological polar surface area (TPSA) is 54.9 Å². The van der Waals surface area contributed by atoms with Crippen LogP contribution in [-0.2, 0) is 0 Å². The van der Waals surface area contributed by atoms with Gasteiger partial charge in [-0.05, 0) is 6.92 Å². The summed E-state index contributed by atoms with van der Waals surface area (Å²) in [6.07, 6.45) is -2.41. The minimum Gasteiger partial charge on any atom is -0.339 e. The van der Waals surface area contributed by atoms with E-state index in [0.29, 0.717) is 0 Å². The molecule has 0 aliphatic carbocycles. The smallest absolute Gasteiger partial charge is 0.339 e. The molecule has 1 N–H and O–H groups in total. The van der Waals surface area contributed by atoms with E-state index in [1.54, 1.807) is 5.32 Å². The standard InChI is InChI=1S/C8H7ClF3N3O/c1-4(8(10,11)12)15-7(16)5-2-14-6(9)3-13-5/h2-4H,1H3,(H,15,16)/t4-/m0/s1. The molecule has 16 heavy (non-hydrogen) atoms. The third-order valence-electron chi connectivity index (χ3n) is 1.69. The Labute approximate surface area is 93.8 Å². The van der Waals surface area contributed by atoms with Crippen LogP contribution in [0.25, 0.3) is 0 Å². The van der Waals surface area contributed by atoms with Crippen molar-refractivity contribution in [1.82, 2.24) is 15.3 Å². The molecular weight excluding hydrogens is 247 g/mol. The van der Waals surface area contributed by atoms with Gasteiger partial charge in [-0.1, -0.05) is 11.6 Å². The van der Waals surface area contributed by atoms with Gasteiger partial charge in [0.15, 0.2) is 0 Å². The zero-order valence-electron chi connectivity index (χ0n) is 8.05. The maximum absolute atomic E-state index is 12.1. The predicted octanol–water partition coefficient (Wildman–Crippen LogP) is 1.81. The highest BCUT2D eigenvalue weighted by Crippen LogP contribution is 2.19. The van der Waals surface area contributed by atoms with E-state index in [1.165, 1.54) is 0 Å². The summed E-state index contributed by atoms with van der Waals surface area (Å²) in [7, 11) is 0. The first kappa shape index (κ1) is 12.7. The summed E-state index contributed by atoms with van der Waals surface area (Å²) in [5, 5.41) is 1.80. The Bertz CT molecular complexity index is 379. The molecule has 1 amide bonds. The molecule has 0 saturated heterocycles. The van der Waals surface area contributed by atoms with Crippen LogP contribution in [0.2, 0.25) is 5.15 Å². The van der Waals surface area contributed by atoms with Gasteiger partial charge in [-0.25, -0.2) is 9.97 Å². The molecule has 1 aromatic heterocycles. The highest BCUT2D eigenvalue weighted by atomic mass is 35.5. The van der Waals surface area contributed by atoms with E-state index in [9.17, 15) is 18.0 Å². The molecule has 88 valence electrons. The minimum absolute atomic E-state index is 0.0559. The number of nitrogens with one attached hydrogen (secondary N) is 1. The molecule has 0 unspecified atom stereocenters. The van der Waals surface area contributed by atoms with E-state index in [2.05, 4.69) is 9.97 Å². The summed E-state index contributed by atoms with van der Waals surface area (Å²) in [6.45, 7) is 0.835. The number of carbonyl (C=O) groups is 1. The Balaban J connectivity index is 2.70. The molecule has 1 heterocycles. The Morgan fingerprint density at radius 2 is 2.06 bits per heavy atom. The first-order chi connectivity index (χ1) is 7.30. The van der Waals surface area contributed by atoms with E-state index in [0.717, 1.165) is 19.3 Å². The number of alkyl halides is 3. The molecule has 8 heteroatoms. The normalized spacial score (nSPS) is 13.3. The van der Waals surface area contributed by atoms with Gasteiger partial charge >= 0.3 is 6.18 Å². The van der Waals surface area contributed by atoms with Crippen LogP contribution in [0.5, 0.6) is 0 Å². The molecule has 0 bridgehead atoms. The van der Waals surface area contributed by atoms with Gasteiger partial charge in [-0.3, -0.25) is 4.79 Å². The molecule has 0 aromatic carbocycles. The van der Waals surface area contributed by atoms with Crippen molar-refractivity contribution in [3.63, 3.8) is 0 Å². The number of hydrogen-bond donors (Lipinski definition) is 1. The maximum atomic E-state index is 12.1. The summed E-state index contributed by atoms with van der Waals surface area (Å²) in [5.41, 5.74) is -0.222. The van der Waals surface area contributed by atoms with Gasteiger partial charge in [0, 0.05) is 0 Å². The molecule has 0 spiro atoms. The highest BCUT2D eigenvalue weighted by molar-refractivity contribution is 6.29. The largest absolute Gasteiger partial charge is 0.408 e. The summed E-state index contributed by atoms with van der Waals surface area (Å²) < 4.78 is 36.4. The van der Waals surface area contributed by atoms with Crippen LogP contribution < -0.4 is 5.32 Å². The predicted molar refractivity (Wildman–Crippen MR) is 50.0 cm³/mol. The van der Waals surface area contributed by atoms with Crippen molar-refractivity contribution in [1.29, 1.82) is 0 Å². The third kappa shape index (κ3) is 3.34. The average molecular weight is 254 g/mol. The lowest BCUT2D eigenvalue weighted by Crippen LogP contribution is -2.43. The van der Waals surface area contributed by atoms with E-state index >= 15 is 0 Å². The lowest BCUT2D eigenvalue weighted by molar-refractivity contribution is -0.149. The van der Waals surface area contributed by atoms with Crippen molar-refractivity contribution in [3.05, 3.63) is 23.2 Å². The van der Waals surface area contributed by atoms with Crippen molar-refractivity contribution < 1.29 is 18.0 Å². The summed E-state index contributed by atoms with van der Waals surface area (Å²) >= 11 is 5.41. The van der Waals surface area contributed by atoms with Crippen LogP contribution in [0.15, 0.2) is 12.4 Å². The Kier molecular flexibility index (Phi) is 3.69. The fourth-order valence-corrected chi connectivity index (χ4v) is 0.880. The molecule has 1 aromatic rings. The zero-order valence-corrected chi connectivity index (χ0v) is 8.80. The lowest BCUT2D eigenvalue weighted by atomic mass is 10.3. The number of aromatic nitrogens is 2. The second kappa shape index (κ2) is 4.65. The van der Waals surface area contributed by atoms with Crippen LogP contribution in [0.1, 0.15) is 17.4 Å². The Hall–Kier alpha value is -1.37. The van der Waals surface area contributed by atoms with E-state index in [1.807, 2.05) is 0 Å². The van der Waals surface area contributed by atoms with Crippen molar-refractivity contribution >= 4 is 17.5 Å². The summed E-state index contributed by atoms with van der Waals surface area (Å²) in [5.74, 6) is -0.950. The van der Waals surface area contributed by atoms with Crippen LogP contribution in [-0.4, -0.2) is 28.1 Å². The highest BCUT2D eigenvalue weighted by Gasteiger charge is 2.37. The molecule has 0 fully saturated rings. The minimum atomic E-state index is -4.49. The fourth-order valence-electron chi connectivity index (χ4n) is 0.782. The second-order valence-corrected chi connectivity index (χ2v) is 3.35. The van der Waals surface area contributed by atoms with Crippen LogP contribution >= 0.6 is 11.6 Å². The molecule has 4 nitrogen and oxygen atoms in total. The fraction of sp³-hybridized carbons (Fsp3) is 0.375. The Morgan fingerprint density at radius 3 is 2.50 bits per heavy atom. The first-order valence-corrected chi connectivity index (χ1v) is 4.53. The lowest BCUT2D eigenvalue weighted by Gasteiger charge is -2.16. The molecule has 0 aliphatic heterocycles. The van der Waals surface area contributed by atoms with Gasteiger partial charge in [-0.15, -0.1) is 0 Å². The number of rotatable bonds is 2. The van der Waals surface area contributed by atoms with Gasteiger partial charge in [0.25, 0.3) is 5.91 Å². The molecule has 1 rings (SSSR count). The SMILES string of the molecule is C[C@H](NC(=O)c1cnc(Cl)cn1)C(F)(F)F.